The normalized spacial score (nSPS) is 16.2. The number of hydrogen-bond acceptors (Lipinski definition) is 3. The summed E-state index contributed by atoms with van der Waals surface area (Å²) >= 11 is 0. The van der Waals surface area contributed by atoms with Crippen LogP contribution in [-0.2, 0) is 11.2 Å². The zero-order chi connectivity index (χ0) is 13.7. The molecule has 1 heterocycles. The standard InChI is InChI=1S/C14H19NO4/c16-13(17)9-7-11-6-8-12(19-11)14(18)15-10-4-2-1-3-5-10/h6,8,10H,1-5,7,9H2,(H,15,18)(H,16,17). The summed E-state index contributed by atoms with van der Waals surface area (Å²) in [6.45, 7) is 0. The molecule has 0 unspecified atom stereocenters. The molecule has 104 valence electrons. The highest BCUT2D eigenvalue weighted by Gasteiger charge is 2.18. The van der Waals surface area contributed by atoms with Crippen LogP contribution in [0.5, 0.6) is 0 Å². The van der Waals surface area contributed by atoms with E-state index in [1.165, 1.54) is 6.42 Å². The highest BCUT2D eigenvalue weighted by atomic mass is 16.4. The zero-order valence-corrected chi connectivity index (χ0v) is 10.9. The van der Waals surface area contributed by atoms with Crippen molar-refractivity contribution >= 4 is 11.9 Å². The molecule has 0 saturated heterocycles. The van der Waals surface area contributed by atoms with Crippen LogP contribution in [0.3, 0.4) is 0 Å². The average Bonchev–Trinajstić information content (AvgIpc) is 2.86. The summed E-state index contributed by atoms with van der Waals surface area (Å²) in [6, 6.07) is 3.52. The molecule has 1 aromatic rings. The number of furan rings is 1. The van der Waals surface area contributed by atoms with Gasteiger partial charge in [0.1, 0.15) is 5.76 Å². The summed E-state index contributed by atoms with van der Waals surface area (Å²) in [5, 5.41) is 11.6. The molecule has 5 nitrogen and oxygen atoms in total. The summed E-state index contributed by atoms with van der Waals surface area (Å²) in [5.41, 5.74) is 0. The van der Waals surface area contributed by atoms with E-state index in [1.54, 1.807) is 12.1 Å². The van der Waals surface area contributed by atoms with Crippen LogP contribution in [-0.4, -0.2) is 23.0 Å². The third-order valence-corrected chi connectivity index (χ3v) is 3.41. The number of aliphatic carboxylic acids is 1. The Bertz CT molecular complexity index is 446. The Morgan fingerprint density at radius 1 is 1.26 bits per heavy atom. The number of carboxylic acids is 1. The summed E-state index contributed by atoms with van der Waals surface area (Å²) in [5.74, 6) is -0.264. The molecule has 1 amide bonds. The van der Waals surface area contributed by atoms with Crippen molar-refractivity contribution in [2.45, 2.75) is 51.0 Å². The van der Waals surface area contributed by atoms with Crippen molar-refractivity contribution in [3.63, 3.8) is 0 Å². The fourth-order valence-corrected chi connectivity index (χ4v) is 2.37. The lowest BCUT2D eigenvalue weighted by Gasteiger charge is -2.22. The van der Waals surface area contributed by atoms with Gasteiger partial charge < -0.3 is 14.8 Å². The Labute approximate surface area is 112 Å². The van der Waals surface area contributed by atoms with Gasteiger partial charge in [0, 0.05) is 12.5 Å². The van der Waals surface area contributed by atoms with Crippen molar-refractivity contribution in [2.24, 2.45) is 0 Å². The molecular weight excluding hydrogens is 246 g/mol. The van der Waals surface area contributed by atoms with E-state index >= 15 is 0 Å². The van der Waals surface area contributed by atoms with Gasteiger partial charge in [0.15, 0.2) is 5.76 Å². The van der Waals surface area contributed by atoms with E-state index in [4.69, 9.17) is 9.52 Å². The Morgan fingerprint density at radius 2 is 2.00 bits per heavy atom. The molecule has 1 aromatic heterocycles. The number of aryl methyl sites for hydroxylation is 1. The number of carbonyl (C=O) groups is 2. The predicted molar refractivity (Wildman–Crippen MR) is 69.0 cm³/mol. The lowest BCUT2D eigenvalue weighted by molar-refractivity contribution is -0.137. The van der Waals surface area contributed by atoms with Gasteiger partial charge in [-0.05, 0) is 25.0 Å². The first-order valence-electron chi connectivity index (χ1n) is 6.76. The van der Waals surface area contributed by atoms with Crippen molar-refractivity contribution in [3.8, 4) is 0 Å². The Hall–Kier alpha value is -1.78. The van der Waals surface area contributed by atoms with Gasteiger partial charge in [-0.3, -0.25) is 9.59 Å². The van der Waals surface area contributed by atoms with Crippen LogP contribution in [0.4, 0.5) is 0 Å². The number of hydrogen-bond donors (Lipinski definition) is 2. The third-order valence-electron chi connectivity index (χ3n) is 3.41. The molecule has 0 bridgehead atoms. The molecule has 2 N–H and O–H groups in total. The van der Waals surface area contributed by atoms with Crippen molar-refractivity contribution in [3.05, 3.63) is 23.7 Å². The van der Waals surface area contributed by atoms with Gasteiger partial charge >= 0.3 is 5.97 Å². The van der Waals surface area contributed by atoms with E-state index in [-0.39, 0.29) is 24.1 Å². The van der Waals surface area contributed by atoms with E-state index < -0.39 is 5.97 Å². The van der Waals surface area contributed by atoms with Gasteiger partial charge in [-0.1, -0.05) is 19.3 Å². The van der Waals surface area contributed by atoms with Gasteiger partial charge in [-0.25, -0.2) is 0 Å². The lowest BCUT2D eigenvalue weighted by Crippen LogP contribution is -2.35. The fraction of sp³-hybridized carbons (Fsp3) is 0.571. The van der Waals surface area contributed by atoms with Gasteiger partial charge in [0.25, 0.3) is 5.91 Å². The van der Waals surface area contributed by atoms with E-state index in [0.717, 1.165) is 25.7 Å². The lowest BCUT2D eigenvalue weighted by atomic mass is 9.95. The summed E-state index contributed by atoms with van der Waals surface area (Å²) in [7, 11) is 0. The molecule has 0 atom stereocenters. The molecule has 19 heavy (non-hydrogen) atoms. The van der Waals surface area contributed by atoms with Crippen molar-refractivity contribution < 1.29 is 19.1 Å². The van der Waals surface area contributed by atoms with Crippen LogP contribution in [0.15, 0.2) is 16.5 Å². The molecule has 0 aliphatic heterocycles. The molecule has 1 aliphatic carbocycles. The molecule has 1 aliphatic rings. The van der Waals surface area contributed by atoms with Crippen LogP contribution in [0.2, 0.25) is 0 Å². The smallest absolute Gasteiger partial charge is 0.303 e. The van der Waals surface area contributed by atoms with Crippen LogP contribution in [0, 0.1) is 0 Å². The minimum absolute atomic E-state index is 0.0111. The number of rotatable bonds is 5. The van der Waals surface area contributed by atoms with Crippen molar-refractivity contribution in [1.29, 1.82) is 0 Å². The average molecular weight is 265 g/mol. The monoisotopic (exact) mass is 265 g/mol. The Kier molecular flexibility index (Phi) is 4.60. The van der Waals surface area contributed by atoms with Gasteiger partial charge in [0.2, 0.25) is 0 Å². The summed E-state index contributed by atoms with van der Waals surface area (Å²) in [6.07, 6.45) is 5.94. The van der Waals surface area contributed by atoms with Crippen molar-refractivity contribution in [1.82, 2.24) is 5.32 Å². The van der Waals surface area contributed by atoms with Crippen LogP contribution in [0.1, 0.15) is 54.8 Å². The first-order valence-corrected chi connectivity index (χ1v) is 6.76. The van der Waals surface area contributed by atoms with Crippen molar-refractivity contribution in [2.75, 3.05) is 0 Å². The molecule has 2 rings (SSSR count). The number of carbonyl (C=O) groups excluding carboxylic acids is 1. The van der Waals surface area contributed by atoms with E-state index in [9.17, 15) is 9.59 Å². The van der Waals surface area contributed by atoms with Gasteiger partial charge in [-0.15, -0.1) is 0 Å². The molecule has 0 aromatic carbocycles. The maximum absolute atomic E-state index is 11.9. The number of nitrogens with one attached hydrogen (secondary N) is 1. The van der Waals surface area contributed by atoms with E-state index in [2.05, 4.69) is 5.32 Å². The largest absolute Gasteiger partial charge is 0.481 e. The Balaban J connectivity index is 1.86. The van der Waals surface area contributed by atoms with Gasteiger partial charge in [-0.2, -0.15) is 0 Å². The minimum atomic E-state index is -0.871. The molecule has 1 saturated carbocycles. The molecule has 0 spiro atoms. The number of amides is 1. The summed E-state index contributed by atoms with van der Waals surface area (Å²) in [4.78, 5) is 22.4. The van der Waals surface area contributed by atoms with Gasteiger partial charge in [0.05, 0.1) is 6.42 Å². The zero-order valence-electron chi connectivity index (χ0n) is 10.9. The summed E-state index contributed by atoms with van der Waals surface area (Å²) < 4.78 is 5.36. The van der Waals surface area contributed by atoms with E-state index in [0.29, 0.717) is 12.2 Å². The molecule has 0 radical (unpaired) electrons. The second-order valence-corrected chi connectivity index (χ2v) is 4.97. The fourth-order valence-electron chi connectivity index (χ4n) is 2.37. The number of carboxylic acid groups (broad SMARTS) is 1. The van der Waals surface area contributed by atoms with E-state index in [1.807, 2.05) is 0 Å². The molecule has 5 heteroatoms. The molecule has 1 fully saturated rings. The predicted octanol–water partition coefficient (Wildman–Crippen LogP) is 2.36. The molecular formula is C14H19NO4. The quantitative estimate of drug-likeness (QED) is 0.856. The first-order chi connectivity index (χ1) is 9.15. The minimum Gasteiger partial charge on any atom is -0.481 e. The van der Waals surface area contributed by atoms with Crippen LogP contribution < -0.4 is 5.32 Å². The Morgan fingerprint density at radius 3 is 2.68 bits per heavy atom. The second-order valence-electron chi connectivity index (χ2n) is 4.97. The first kappa shape index (κ1) is 13.6. The SMILES string of the molecule is O=C(O)CCc1ccc(C(=O)NC2CCCCC2)o1. The van der Waals surface area contributed by atoms with Crippen LogP contribution in [0.25, 0.3) is 0 Å². The van der Waals surface area contributed by atoms with Crippen LogP contribution >= 0.6 is 0 Å². The maximum Gasteiger partial charge on any atom is 0.303 e. The second kappa shape index (κ2) is 6.41. The highest BCUT2D eigenvalue weighted by Crippen LogP contribution is 2.18. The third kappa shape index (κ3) is 4.12. The highest BCUT2D eigenvalue weighted by molar-refractivity contribution is 5.91. The maximum atomic E-state index is 11.9. The topological polar surface area (TPSA) is 79.5 Å².